The molecular weight excluding hydrogens is 233 g/mol. The van der Waals surface area contributed by atoms with Gasteiger partial charge in [-0.25, -0.2) is 12.3 Å². The van der Waals surface area contributed by atoms with Crippen molar-refractivity contribution < 1.29 is 30.0 Å². The molecule has 0 aliphatic carbocycles. The molecule has 0 unspecified atom stereocenters. The van der Waals surface area contributed by atoms with Crippen molar-refractivity contribution in [1.29, 1.82) is 0 Å². The molecule has 82 valence electrons. The van der Waals surface area contributed by atoms with Gasteiger partial charge < -0.3 is 4.55 Å². The molecule has 13 heavy (non-hydrogen) atoms. The summed E-state index contributed by atoms with van der Waals surface area (Å²) in [6.07, 6.45) is 4.06. The van der Waals surface area contributed by atoms with Gasteiger partial charge in [0.25, 0.3) is 7.11 Å². The van der Waals surface area contributed by atoms with Crippen molar-refractivity contribution in [2.45, 2.75) is 5.51 Å². The van der Waals surface area contributed by atoms with E-state index in [0.717, 1.165) is 0 Å². The van der Waals surface area contributed by atoms with Gasteiger partial charge in [-0.15, -0.1) is 0 Å². The second-order valence-electron chi connectivity index (χ2n) is 1.81. The molecule has 0 fully saturated rings. The summed E-state index contributed by atoms with van der Waals surface area (Å²) in [7, 11) is -4.20. The average molecular weight is 242 g/mol. The third-order valence-electron chi connectivity index (χ3n) is 0.617. The van der Waals surface area contributed by atoms with Crippen LogP contribution in [0.3, 0.4) is 0 Å². The number of halogens is 3. The van der Waals surface area contributed by atoms with E-state index in [2.05, 4.69) is 0 Å². The summed E-state index contributed by atoms with van der Waals surface area (Å²) < 4.78 is 63.7. The van der Waals surface area contributed by atoms with Gasteiger partial charge in [0.1, 0.15) is 0 Å². The topological polar surface area (TPSA) is 68.5 Å². The van der Waals surface area contributed by atoms with Crippen LogP contribution in [0.25, 0.3) is 0 Å². The average Bonchev–Trinajstić information content (AvgIpc) is 1.84. The lowest BCUT2D eigenvalue weighted by molar-refractivity contribution is -0.0517. The SMILES string of the molecule is C[O+]=S(C)C.O=S(=O)([O-])C(F)(F)F. The molecule has 0 aromatic rings. The molecular formula is C4H9F3O4S2. The van der Waals surface area contributed by atoms with Crippen molar-refractivity contribution in [3.63, 3.8) is 0 Å². The minimum atomic E-state index is -6.09. The molecule has 0 bridgehead atoms. The van der Waals surface area contributed by atoms with Gasteiger partial charge in [-0.3, -0.25) is 0 Å². The van der Waals surface area contributed by atoms with Crippen molar-refractivity contribution in [2.24, 2.45) is 0 Å². The normalized spacial score (nSPS) is 12.0. The highest BCUT2D eigenvalue weighted by atomic mass is 32.2. The van der Waals surface area contributed by atoms with Gasteiger partial charge in [-0.05, 0) is 0 Å². The molecule has 9 heteroatoms. The van der Waals surface area contributed by atoms with Crippen molar-refractivity contribution in [1.82, 2.24) is 0 Å². The maximum Gasteiger partial charge on any atom is 0.485 e. The standard InChI is InChI=1S/C3H9OS.CHF3O3S/c1-4-5(2)3;2-1(3,4)8(5,6)7/h1-3H3;(H,5,6,7)/q+1;/p-1. The third-order valence-corrected chi connectivity index (χ3v) is 1.85. The Morgan fingerprint density at radius 2 is 1.46 bits per heavy atom. The van der Waals surface area contributed by atoms with E-state index < -0.39 is 15.6 Å². The Morgan fingerprint density at radius 1 is 1.31 bits per heavy atom. The summed E-state index contributed by atoms with van der Waals surface area (Å²) in [5, 5.41) is 0. The highest BCUT2D eigenvalue weighted by Gasteiger charge is 2.36. The monoisotopic (exact) mass is 242 g/mol. The van der Waals surface area contributed by atoms with E-state index in [1.807, 2.05) is 12.5 Å². The van der Waals surface area contributed by atoms with E-state index in [1.54, 1.807) is 7.11 Å². The molecule has 0 aromatic heterocycles. The van der Waals surface area contributed by atoms with Gasteiger partial charge in [0.05, 0.1) is 12.5 Å². The fourth-order valence-electron chi connectivity index (χ4n) is 0. The molecule has 0 saturated carbocycles. The van der Waals surface area contributed by atoms with Crippen molar-refractivity contribution in [3.05, 3.63) is 0 Å². The Kier molecular flexibility index (Phi) is 6.55. The van der Waals surface area contributed by atoms with E-state index in [1.165, 1.54) is 0 Å². The summed E-state index contributed by atoms with van der Waals surface area (Å²) in [5.74, 6) is 0. The Bertz CT molecular complexity index is 262. The lowest BCUT2D eigenvalue weighted by Crippen LogP contribution is -2.21. The maximum atomic E-state index is 10.7. The smallest absolute Gasteiger partial charge is 0.485 e. The third kappa shape index (κ3) is 9.77. The summed E-state index contributed by atoms with van der Waals surface area (Å²) in [5.41, 5.74) is -5.65. The summed E-state index contributed by atoms with van der Waals surface area (Å²) in [6, 6.07) is 0. The first-order chi connectivity index (χ1) is 5.52. The summed E-state index contributed by atoms with van der Waals surface area (Å²) in [6.45, 7) is 0. The lowest BCUT2D eigenvalue weighted by atomic mass is 11.6. The van der Waals surface area contributed by atoms with Crippen LogP contribution in [-0.2, 0) is 24.8 Å². The quantitative estimate of drug-likeness (QED) is 0.351. The first-order valence-electron chi connectivity index (χ1n) is 2.66. The van der Waals surface area contributed by atoms with Gasteiger partial charge in [-0.1, -0.05) is 0 Å². The summed E-state index contributed by atoms with van der Waals surface area (Å²) >= 11 is 0. The van der Waals surface area contributed by atoms with Crippen molar-refractivity contribution >= 4 is 20.9 Å². The Morgan fingerprint density at radius 3 is 1.46 bits per heavy atom. The molecule has 0 amide bonds. The Hall–Kier alpha value is -0.150. The Labute approximate surface area is 76.7 Å². The van der Waals surface area contributed by atoms with Crippen LogP contribution in [0.15, 0.2) is 0 Å². The van der Waals surface area contributed by atoms with Crippen LogP contribution >= 0.6 is 0 Å². The molecule has 0 aliphatic rings. The molecule has 0 atom stereocenters. The van der Waals surface area contributed by atoms with Crippen LogP contribution in [0.2, 0.25) is 0 Å². The largest absolute Gasteiger partial charge is 0.741 e. The second kappa shape index (κ2) is 5.55. The molecule has 0 N–H and O–H groups in total. The van der Waals surface area contributed by atoms with E-state index >= 15 is 0 Å². The van der Waals surface area contributed by atoms with E-state index in [0.29, 0.717) is 0 Å². The van der Waals surface area contributed by atoms with Gasteiger partial charge in [-0.2, -0.15) is 13.2 Å². The van der Waals surface area contributed by atoms with E-state index in [4.69, 9.17) is 16.8 Å². The molecule has 0 saturated heterocycles. The fourth-order valence-corrected chi connectivity index (χ4v) is 0. The highest BCUT2D eigenvalue weighted by molar-refractivity contribution is 7.86. The number of alkyl halides is 3. The molecule has 0 heterocycles. The van der Waals surface area contributed by atoms with Gasteiger partial charge in [0, 0.05) is 0 Å². The highest BCUT2D eigenvalue weighted by Crippen LogP contribution is 2.20. The fraction of sp³-hybridized carbons (Fsp3) is 1.00. The molecule has 0 aromatic carbocycles. The van der Waals surface area contributed by atoms with E-state index in [9.17, 15) is 13.2 Å². The van der Waals surface area contributed by atoms with Crippen LogP contribution in [0.4, 0.5) is 13.2 Å². The van der Waals surface area contributed by atoms with Crippen LogP contribution in [0.5, 0.6) is 0 Å². The number of hydrogen-bond acceptors (Lipinski definition) is 3. The predicted octanol–water partition coefficient (Wildman–Crippen LogP) is 0.427. The van der Waals surface area contributed by atoms with Crippen LogP contribution in [0, 0.1) is 0 Å². The molecule has 0 aliphatic heterocycles. The molecule has 0 radical (unpaired) electrons. The maximum absolute atomic E-state index is 10.7. The zero-order chi connectivity index (χ0) is 11.3. The van der Waals surface area contributed by atoms with Crippen LogP contribution in [0.1, 0.15) is 0 Å². The minimum absolute atomic E-state index is 0.177. The zero-order valence-corrected chi connectivity index (χ0v) is 8.72. The van der Waals surface area contributed by atoms with Gasteiger partial charge >= 0.3 is 5.51 Å². The number of rotatable bonds is 0. The number of hydrogen-bond donors (Lipinski definition) is 0. The molecule has 0 spiro atoms. The van der Waals surface area contributed by atoms with Crippen LogP contribution in [-0.4, -0.2) is 38.1 Å². The van der Waals surface area contributed by atoms with E-state index in [-0.39, 0.29) is 10.8 Å². The second-order valence-corrected chi connectivity index (χ2v) is 5.00. The predicted molar refractivity (Wildman–Crippen MR) is 41.6 cm³/mol. The summed E-state index contributed by atoms with van der Waals surface area (Å²) in [4.78, 5) is 0. The minimum Gasteiger partial charge on any atom is -0.741 e. The van der Waals surface area contributed by atoms with Gasteiger partial charge in [0.15, 0.2) is 20.9 Å². The molecule has 4 nitrogen and oxygen atoms in total. The first-order valence-corrected chi connectivity index (χ1v) is 6.04. The van der Waals surface area contributed by atoms with Crippen molar-refractivity contribution in [3.8, 4) is 0 Å². The van der Waals surface area contributed by atoms with Gasteiger partial charge in [0.2, 0.25) is 0 Å². The Balaban J connectivity index is 0. The first kappa shape index (κ1) is 15.3. The molecule has 0 rings (SSSR count). The zero-order valence-electron chi connectivity index (χ0n) is 7.08. The van der Waals surface area contributed by atoms with Crippen LogP contribution < -0.4 is 0 Å². The van der Waals surface area contributed by atoms with Crippen molar-refractivity contribution in [2.75, 3.05) is 19.6 Å². The lowest BCUT2D eigenvalue weighted by Gasteiger charge is -2.08.